The molecule has 0 bridgehead atoms. The van der Waals surface area contributed by atoms with E-state index in [1.54, 1.807) is 36.7 Å². The van der Waals surface area contributed by atoms with Gasteiger partial charge in [-0.3, -0.25) is 9.78 Å². The first kappa shape index (κ1) is 14.7. The molecule has 0 aliphatic carbocycles. The Balaban J connectivity index is 1.94. The lowest BCUT2D eigenvalue weighted by molar-refractivity contribution is 0.101. The average Bonchev–Trinajstić information content (AvgIpc) is 2.48. The Hall–Kier alpha value is -2.69. The molecule has 1 aromatic heterocycles. The van der Waals surface area contributed by atoms with E-state index in [1.165, 1.54) is 6.92 Å². The largest absolute Gasteiger partial charge is 0.331 e. The zero-order chi connectivity index (χ0) is 15.2. The van der Waals surface area contributed by atoms with E-state index in [9.17, 15) is 9.59 Å². The molecule has 2 aromatic rings. The number of rotatable bonds is 4. The van der Waals surface area contributed by atoms with E-state index in [0.29, 0.717) is 11.3 Å². The van der Waals surface area contributed by atoms with Gasteiger partial charge in [-0.15, -0.1) is 0 Å². The number of amides is 2. The van der Waals surface area contributed by atoms with Crippen molar-refractivity contribution in [1.82, 2.24) is 10.3 Å². The first-order chi connectivity index (χ1) is 10.1. The molecular formula is C16H17N3O2. The maximum absolute atomic E-state index is 11.9. The monoisotopic (exact) mass is 283 g/mol. The molecule has 2 rings (SSSR count). The SMILES string of the molecule is CC(=O)c1ccc(NC(=O)NC(C)c2cccnc2)cc1. The Labute approximate surface area is 123 Å². The summed E-state index contributed by atoms with van der Waals surface area (Å²) in [5, 5.41) is 5.55. The van der Waals surface area contributed by atoms with Gasteiger partial charge in [0.05, 0.1) is 6.04 Å². The molecule has 5 nitrogen and oxygen atoms in total. The Bertz CT molecular complexity index is 624. The molecule has 0 saturated carbocycles. The normalized spacial score (nSPS) is 11.5. The van der Waals surface area contributed by atoms with Gasteiger partial charge >= 0.3 is 6.03 Å². The van der Waals surface area contributed by atoms with Crippen LogP contribution < -0.4 is 10.6 Å². The third kappa shape index (κ3) is 4.14. The molecule has 21 heavy (non-hydrogen) atoms. The number of hydrogen-bond acceptors (Lipinski definition) is 3. The highest BCUT2D eigenvalue weighted by Gasteiger charge is 2.09. The fourth-order valence-corrected chi connectivity index (χ4v) is 1.87. The van der Waals surface area contributed by atoms with Crippen molar-refractivity contribution in [3.63, 3.8) is 0 Å². The van der Waals surface area contributed by atoms with E-state index in [1.807, 2.05) is 19.1 Å². The molecular weight excluding hydrogens is 266 g/mol. The number of carbonyl (C=O) groups excluding carboxylic acids is 2. The summed E-state index contributed by atoms with van der Waals surface area (Å²) in [6, 6.07) is 10.0. The molecule has 5 heteroatoms. The van der Waals surface area contributed by atoms with Crippen molar-refractivity contribution in [3.8, 4) is 0 Å². The second kappa shape index (κ2) is 6.65. The highest BCUT2D eigenvalue weighted by molar-refractivity contribution is 5.95. The van der Waals surface area contributed by atoms with Crippen LogP contribution in [0.3, 0.4) is 0 Å². The molecule has 2 N–H and O–H groups in total. The number of Topliss-reactive ketones (excluding diaryl/α,β-unsaturated/α-hetero) is 1. The summed E-state index contributed by atoms with van der Waals surface area (Å²) in [7, 11) is 0. The van der Waals surface area contributed by atoms with Crippen molar-refractivity contribution in [1.29, 1.82) is 0 Å². The van der Waals surface area contributed by atoms with Crippen LogP contribution in [0.25, 0.3) is 0 Å². The van der Waals surface area contributed by atoms with Gasteiger partial charge in [0.25, 0.3) is 0 Å². The minimum atomic E-state index is -0.304. The maximum atomic E-state index is 11.9. The molecule has 108 valence electrons. The molecule has 1 unspecified atom stereocenters. The van der Waals surface area contributed by atoms with Crippen LogP contribution in [-0.2, 0) is 0 Å². The van der Waals surface area contributed by atoms with Gasteiger partial charge < -0.3 is 10.6 Å². The molecule has 0 aliphatic rings. The van der Waals surface area contributed by atoms with Gasteiger partial charge in [0.15, 0.2) is 5.78 Å². The van der Waals surface area contributed by atoms with Crippen molar-refractivity contribution in [3.05, 3.63) is 59.9 Å². The lowest BCUT2D eigenvalue weighted by Gasteiger charge is -2.14. The summed E-state index contributed by atoms with van der Waals surface area (Å²) in [5.74, 6) is -0.00352. The first-order valence-electron chi connectivity index (χ1n) is 6.64. The van der Waals surface area contributed by atoms with Crippen LogP contribution in [0, 0.1) is 0 Å². The molecule has 1 aromatic carbocycles. The Kier molecular flexibility index (Phi) is 4.66. The second-order valence-corrected chi connectivity index (χ2v) is 4.74. The van der Waals surface area contributed by atoms with Gasteiger partial charge in [0, 0.05) is 23.6 Å². The zero-order valence-electron chi connectivity index (χ0n) is 12.0. The molecule has 1 heterocycles. The molecule has 0 saturated heterocycles. The quantitative estimate of drug-likeness (QED) is 0.847. The summed E-state index contributed by atoms with van der Waals surface area (Å²) in [6.07, 6.45) is 3.40. The standard InChI is InChI=1S/C16H17N3O2/c1-11(14-4-3-9-17-10-14)18-16(21)19-15-7-5-13(6-8-15)12(2)20/h3-11H,1-2H3,(H2,18,19,21). The number of hydrogen-bond donors (Lipinski definition) is 2. The zero-order valence-corrected chi connectivity index (χ0v) is 12.0. The highest BCUT2D eigenvalue weighted by Crippen LogP contribution is 2.12. The van der Waals surface area contributed by atoms with Crippen molar-refractivity contribution in [2.45, 2.75) is 19.9 Å². The molecule has 0 fully saturated rings. The van der Waals surface area contributed by atoms with Crippen molar-refractivity contribution in [2.75, 3.05) is 5.32 Å². The number of pyridine rings is 1. The fraction of sp³-hybridized carbons (Fsp3) is 0.188. The third-order valence-corrected chi connectivity index (χ3v) is 3.08. The summed E-state index contributed by atoms with van der Waals surface area (Å²) in [5.41, 5.74) is 2.18. The maximum Gasteiger partial charge on any atom is 0.319 e. The van der Waals surface area contributed by atoms with E-state index in [4.69, 9.17) is 0 Å². The Morgan fingerprint density at radius 2 is 1.86 bits per heavy atom. The Morgan fingerprint density at radius 3 is 2.43 bits per heavy atom. The summed E-state index contributed by atoms with van der Waals surface area (Å²) < 4.78 is 0. The molecule has 0 spiro atoms. The minimum Gasteiger partial charge on any atom is -0.331 e. The summed E-state index contributed by atoms with van der Waals surface area (Å²) in [6.45, 7) is 3.39. The van der Waals surface area contributed by atoms with E-state index in [-0.39, 0.29) is 17.9 Å². The molecule has 0 radical (unpaired) electrons. The van der Waals surface area contributed by atoms with E-state index in [2.05, 4.69) is 15.6 Å². The topological polar surface area (TPSA) is 71.1 Å². The minimum absolute atomic E-state index is 0.00352. The van der Waals surface area contributed by atoms with Crippen LogP contribution in [-0.4, -0.2) is 16.8 Å². The number of anilines is 1. The summed E-state index contributed by atoms with van der Waals surface area (Å²) in [4.78, 5) is 27.1. The van der Waals surface area contributed by atoms with Crippen molar-refractivity contribution in [2.24, 2.45) is 0 Å². The van der Waals surface area contributed by atoms with Gasteiger partial charge in [-0.1, -0.05) is 6.07 Å². The molecule has 2 amide bonds. The lowest BCUT2D eigenvalue weighted by atomic mass is 10.1. The van der Waals surface area contributed by atoms with E-state index < -0.39 is 0 Å². The molecule has 1 atom stereocenters. The lowest BCUT2D eigenvalue weighted by Crippen LogP contribution is -2.31. The first-order valence-corrected chi connectivity index (χ1v) is 6.64. The van der Waals surface area contributed by atoms with E-state index >= 15 is 0 Å². The van der Waals surface area contributed by atoms with Crippen LogP contribution in [0.4, 0.5) is 10.5 Å². The van der Waals surface area contributed by atoms with Crippen LogP contribution in [0.5, 0.6) is 0 Å². The number of aromatic nitrogens is 1. The van der Waals surface area contributed by atoms with Gasteiger partial charge in [-0.2, -0.15) is 0 Å². The second-order valence-electron chi connectivity index (χ2n) is 4.74. The number of nitrogens with zero attached hydrogens (tertiary/aromatic N) is 1. The van der Waals surface area contributed by atoms with Crippen LogP contribution >= 0.6 is 0 Å². The Morgan fingerprint density at radius 1 is 1.14 bits per heavy atom. The van der Waals surface area contributed by atoms with Gasteiger partial charge in [0.1, 0.15) is 0 Å². The van der Waals surface area contributed by atoms with Gasteiger partial charge in [0.2, 0.25) is 0 Å². The van der Waals surface area contributed by atoms with Crippen molar-refractivity contribution >= 4 is 17.5 Å². The number of nitrogens with one attached hydrogen (secondary N) is 2. The van der Waals surface area contributed by atoms with Gasteiger partial charge in [-0.25, -0.2) is 4.79 Å². The number of urea groups is 1. The van der Waals surface area contributed by atoms with E-state index in [0.717, 1.165) is 5.56 Å². The predicted molar refractivity (Wildman–Crippen MR) is 81.3 cm³/mol. The smallest absolute Gasteiger partial charge is 0.319 e. The van der Waals surface area contributed by atoms with Crippen LogP contribution in [0.2, 0.25) is 0 Å². The average molecular weight is 283 g/mol. The van der Waals surface area contributed by atoms with Crippen LogP contribution in [0.15, 0.2) is 48.8 Å². The molecule has 0 aliphatic heterocycles. The van der Waals surface area contributed by atoms with Gasteiger partial charge in [-0.05, 0) is 49.7 Å². The van der Waals surface area contributed by atoms with Crippen molar-refractivity contribution < 1.29 is 9.59 Å². The number of ketones is 1. The van der Waals surface area contributed by atoms with Crippen LogP contribution in [0.1, 0.15) is 35.8 Å². The highest BCUT2D eigenvalue weighted by atomic mass is 16.2. The third-order valence-electron chi connectivity index (χ3n) is 3.08. The number of carbonyl (C=O) groups is 2. The predicted octanol–water partition coefficient (Wildman–Crippen LogP) is 3.17. The number of benzene rings is 1. The summed E-state index contributed by atoms with van der Waals surface area (Å²) >= 11 is 0. The fourth-order valence-electron chi connectivity index (χ4n) is 1.87.